The third-order valence-corrected chi connectivity index (χ3v) is 2.21. The third kappa shape index (κ3) is 1.08. The van der Waals surface area contributed by atoms with Crippen molar-refractivity contribution >= 4 is 16.7 Å². The number of nitrogens with two attached hydrogens (primary N) is 1. The first-order valence-corrected chi connectivity index (χ1v) is 4.37. The predicted octanol–water partition coefficient (Wildman–Crippen LogP) is 1.20. The number of anilines is 1. The van der Waals surface area contributed by atoms with Gasteiger partial charge in [0.1, 0.15) is 0 Å². The van der Waals surface area contributed by atoms with E-state index in [1.165, 1.54) is 0 Å². The molecular formula is C9H7N5O. The number of tetrazole rings is 1. The van der Waals surface area contributed by atoms with Gasteiger partial charge in [0, 0.05) is 10.8 Å². The first-order valence-electron chi connectivity index (χ1n) is 4.37. The Bertz CT molecular complexity index is 598. The molecule has 6 heteroatoms. The SMILES string of the molecule is Nc1oc(-c2nnn[nH]2)c2ccccc12. The monoisotopic (exact) mass is 201 g/mol. The number of nitrogens with one attached hydrogen (secondary N) is 1. The van der Waals surface area contributed by atoms with E-state index in [0.717, 1.165) is 10.8 Å². The lowest BCUT2D eigenvalue weighted by Gasteiger charge is -1.88. The zero-order valence-electron chi connectivity index (χ0n) is 7.64. The molecule has 0 aliphatic heterocycles. The maximum absolute atomic E-state index is 5.73. The van der Waals surface area contributed by atoms with Crippen molar-refractivity contribution in [3.63, 3.8) is 0 Å². The van der Waals surface area contributed by atoms with Crippen molar-refractivity contribution in [3.05, 3.63) is 24.3 Å². The molecule has 3 aromatic rings. The Morgan fingerprint density at radius 2 is 2.00 bits per heavy atom. The Hall–Kier alpha value is -2.37. The highest BCUT2D eigenvalue weighted by molar-refractivity contribution is 5.99. The minimum absolute atomic E-state index is 0.372. The molecule has 15 heavy (non-hydrogen) atoms. The zero-order valence-corrected chi connectivity index (χ0v) is 7.64. The van der Waals surface area contributed by atoms with Crippen LogP contribution in [0.4, 0.5) is 5.88 Å². The number of hydrogen-bond acceptors (Lipinski definition) is 5. The van der Waals surface area contributed by atoms with Crippen molar-refractivity contribution in [2.45, 2.75) is 0 Å². The Kier molecular flexibility index (Phi) is 1.49. The summed E-state index contributed by atoms with van der Waals surface area (Å²) in [6.07, 6.45) is 0. The summed E-state index contributed by atoms with van der Waals surface area (Å²) in [5.74, 6) is 1.41. The molecule has 2 heterocycles. The van der Waals surface area contributed by atoms with Crippen molar-refractivity contribution < 1.29 is 4.42 Å². The van der Waals surface area contributed by atoms with E-state index in [1.54, 1.807) is 0 Å². The number of aromatic amines is 1. The maximum atomic E-state index is 5.73. The largest absolute Gasteiger partial charge is 0.436 e. The molecule has 0 spiro atoms. The lowest BCUT2D eigenvalue weighted by Crippen LogP contribution is -1.79. The van der Waals surface area contributed by atoms with Crippen molar-refractivity contribution in [3.8, 4) is 11.6 Å². The minimum atomic E-state index is 0.372. The molecule has 0 saturated carbocycles. The van der Waals surface area contributed by atoms with E-state index in [1.807, 2.05) is 24.3 Å². The molecule has 74 valence electrons. The van der Waals surface area contributed by atoms with Crippen LogP contribution in [0, 0.1) is 0 Å². The molecule has 0 atom stereocenters. The highest BCUT2D eigenvalue weighted by Crippen LogP contribution is 2.32. The van der Waals surface area contributed by atoms with Crippen molar-refractivity contribution in [2.75, 3.05) is 5.73 Å². The first kappa shape index (κ1) is 7.98. The molecule has 0 aliphatic carbocycles. The second-order valence-corrected chi connectivity index (χ2v) is 3.09. The number of rotatable bonds is 1. The third-order valence-electron chi connectivity index (χ3n) is 2.21. The number of hydrogen-bond donors (Lipinski definition) is 2. The standard InChI is InChI=1S/C9H7N5O/c10-8-6-4-2-1-3-5(6)7(15-8)9-11-13-14-12-9/h1-4H,10H2,(H,11,12,13,14). The van der Waals surface area contributed by atoms with Crippen LogP contribution in [0.1, 0.15) is 0 Å². The lowest BCUT2D eigenvalue weighted by atomic mass is 10.2. The molecule has 0 aliphatic rings. The van der Waals surface area contributed by atoms with Gasteiger partial charge in [-0.1, -0.05) is 18.2 Å². The van der Waals surface area contributed by atoms with Gasteiger partial charge >= 0.3 is 0 Å². The molecule has 0 fully saturated rings. The molecule has 0 bridgehead atoms. The van der Waals surface area contributed by atoms with Crippen LogP contribution in [-0.4, -0.2) is 20.6 Å². The van der Waals surface area contributed by atoms with E-state index in [0.29, 0.717) is 17.5 Å². The van der Waals surface area contributed by atoms with Gasteiger partial charge in [0.05, 0.1) is 0 Å². The van der Waals surface area contributed by atoms with Gasteiger partial charge < -0.3 is 10.2 Å². The highest BCUT2D eigenvalue weighted by atomic mass is 16.4. The fraction of sp³-hybridized carbons (Fsp3) is 0. The van der Waals surface area contributed by atoms with Crippen LogP contribution < -0.4 is 5.73 Å². The molecular weight excluding hydrogens is 194 g/mol. The van der Waals surface area contributed by atoms with Crippen LogP contribution in [0.3, 0.4) is 0 Å². The van der Waals surface area contributed by atoms with Gasteiger partial charge in [-0.05, 0) is 16.5 Å². The summed E-state index contributed by atoms with van der Waals surface area (Å²) in [6.45, 7) is 0. The number of H-pyrrole nitrogens is 1. The number of benzene rings is 1. The molecule has 3 rings (SSSR count). The number of nitrogens with zero attached hydrogens (tertiary/aromatic N) is 3. The first-order chi connectivity index (χ1) is 7.36. The zero-order chi connectivity index (χ0) is 10.3. The summed E-state index contributed by atoms with van der Waals surface area (Å²) in [7, 11) is 0. The fourth-order valence-electron chi connectivity index (χ4n) is 1.55. The second kappa shape index (κ2) is 2.81. The molecule has 6 nitrogen and oxygen atoms in total. The molecule has 0 unspecified atom stereocenters. The van der Waals surface area contributed by atoms with Gasteiger partial charge in [-0.2, -0.15) is 0 Å². The van der Waals surface area contributed by atoms with Gasteiger partial charge in [-0.15, -0.1) is 5.10 Å². The average molecular weight is 201 g/mol. The summed E-state index contributed by atoms with van der Waals surface area (Å²) in [5, 5.41) is 15.2. The van der Waals surface area contributed by atoms with Crippen LogP contribution >= 0.6 is 0 Å². The number of nitrogen functional groups attached to an aromatic ring is 1. The van der Waals surface area contributed by atoms with E-state index >= 15 is 0 Å². The Morgan fingerprint density at radius 3 is 2.73 bits per heavy atom. The highest BCUT2D eigenvalue weighted by Gasteiger charge is 2.14. The predicted molar refractivity (Wildman–Crippen MR) is 53.8 cm³/mol. The molecule has 3 N–H and O–H groups in total. The topological polar surface area (TPSA) is 93.6 Å². The molecule has 2 aromatic heterocycles. The van der Waals surface area contributed by atoms with E-state index in [-0.39, 0.29) is 0 Å². The summed E-state index contributed by atoms with van der Waals surface area (Å²) in [6, 6.07) is 7.61. The van der Waals surface area contributed by atoms with Crippen molar-refractivity contribution in [1.82, 2.24) is 20.6 Å². The lowest BCUT2D eigenvalue weighted by molar-refractivity contribution is 0.602. The average Bonchev–Trinajstić information content (AvgIpc) is 2.87. The van der Waals surface area contributed by atoms with E-state index in [4.69, 9.17) is 10.2 Å². The fourth-order valence-corrected chi connectivity index (χ4v) is 1.55. The van der Waals surface area contributed by atoms with Crippen LogP contribution in [0.15, 0.2) is 28.7 Å². The summed E-state index contributed by atoms with van der Waals surface area (Å²) < 4.78 is 5.41. The number of furan rings is 1. The van der Waals surface area contributed by atoms with E-state index in [9.17, 15) is 0 Å². The molecule has 1 aromatic carbocycles. The van der Waals surface area contributed by atoms with Crippen LogP contribution in [0.25, 0.3) is 22.4 Å². The van der Waals surface area contributed by atoms with E-state index < -0.39 is 0 Å². The van der Waals surface area contributed by atoms with E-state index in [2.05, 4.69) is 20.6 Å². The van der Waals surface area contributed by atoms with Gasteiger partial charge in [0.15, 0.2) is 11.6 Å². The van der Waals surface area contributed by atoms with Gasteiger partial charge in [-0.25, -0.2) is 5.10 Å². The Morgan fingerprint density at radius 1 is 1.20 bits per heavy atom. The second-order valence-electron chi connectivity index (χ2n) is 3.09. The maximum Gasteiger partial charge on any atom is 0.215 e. The summed E-state index contributed by atoms with van der Waals surface area (Å²) >= 11 is 0. The van der Waals surface area contributed by atoms with Crippen LogP contribution in [-0.2, 0) is 0 Å². The van der Waals surface area contributed by atoms with Crippen molar-refractivity contribution in [1.29, 1.82) is 0 Å². The normalized spacial score (nSPS) is 10.9. The number of aromatic nitrogens is 4. The van der Waals surface area contributed by atoms with Crippen LogP contribution in [0.5, 0.6) is 0 Å². The quantitative estimate of drug-likeness (QED) is 0.616. The summed E-state index contributed by atoms with van der Waals surface area (Å²) in [5.41, 5.74) is 5.73. The summed E-state index contributed by atoms with van der Waals surface area (Å²) in [4.78, 5) is 0. The molecule has 0 radical (unpaired) electrons. The van der Waals surface area contributed by atoms with Gasteiger partial charge in [0.25, 0.3) is 0 Å². The van der Waals surface area contributed by atoms with Crippen LogP contribution in [0.2, 0.25) is 0 Å². The molecule has 0 amide bonds. The minimum Gasteiger partial charge on any atom is -0.436 e. The Balaban J connectivity index is 2.37. The van der Waals surface area contributed by atoms with Gasteiger partial charge in [-0.3, -0.25) is 0 Å². The number of fused-ring (bicyclic) bond motifs is 1. The van der Waals surface area contributed by atoms with Gasteiger partial charge in [0.2, 0.25) is 5.82 Å². The Labute approximate surface area is 84.1 Å². The smallest absolute Gasteiger partial charge is 0.215 e. The van der Waals surface area contributed by atoms with Crippen molar-refractivity contribution in [2.24, 2.45) is 0 Å². The molecule has 0 saturated heterocycles.